The summed E-state index contributed by atoms with van der Waals surface area (Å²) >= 11 is 0. The Morgan fingerprint density at radius 3 is 2.66 bits per heavy atom. The average Bonchev–Trinajstić information content (AvgIpc) is 3.20. The van der Waals surface area contributed by atoms with Gasteiger partial charge in [0, 0.05) is 25.7 Å². The van der Waals surface area contributed by atoms with Gasteiger partial charge >= 0.3 is 6.18 Å². The van der Waals surface area contributed by atoms with Gasteiger partial charge in [-0.25, -0.2) is 0 Å². The molecule has 0 spiro atoms. The first-order valence-electron chi connectivity index (χ1n) is 10.5. The van der Waals surface area contributed by atoms with Gasteiger partial charge in [-0.2, -0.15) is 13.2 Å². The van der Waals surface area contributed by atoms with Gasteiger partial charge in [0.25, 0.3) is 0 Å². The van der Waals surface area contributed by atoms with Crippen molar-refractivity contribution in [3.05, 3.63) is 35.4 Å². The van der Waals surface area contributed by atoms with Gasteiger partial charge in [-0.05, 0) is 55.7 Å². The molecule has 1 heterocycles. The zero-order valence-electron chi connectivity index (χ0n) is 17.4. The summed E-state index contributed by atoms with van der Waals surface area (Å²) in [5.41, 5.74) is 0.0929. The molecule has 4 atom stereocenters. The molecule has 0 radical (unpaired) electrons. The molecule has 1 amide bonds. The summed E-state index contributed by atoms with van der Waals surface area (Å²) < 4.78 is 38.9. The van der Waals surface area contributed by atoms with Crippen LogP contribution in [-0.4, -0.2) is 43.0 Å². The third kappa shape index (κ3) is 5.51. The van der Waals surface area contributed by atoms with Crippen LogP contribution < -0.4 is 10.6 Å². The highest BCUT2D eigenvalue weighted by Gasteiger charge is 2.43. The molecule has 29 heavy (non-hydrogen) atoms. The maximum atomic E-state index is 13.0. The number of nitrogens with one attached hydrogen (secondary N) is 2. The number of carbonyl (C=O) groups excluding carboxylic acids is 1. The largest absolute Gasteiger partial charge is 0.416 e. The third-order valence-electron chi connectivity index (χ3n) is 6.29. The topological polar surface area (TPSA) is 44.4 Å². The lowest BCUT2D eigenvalue weighted by Gasteiger charge is -2.25. The number of alkyl halides is 3. The van der Waals surface area contributed by atoms with Gasteiger partial charge in [-0.15, -0.1) is 0 Å². The Kier molecular flexibility index (Phi) is 6.89. The quantitative estimate of drug-likeness (QED) is 0.720. The Labute approximate surface area is 171 Å². The van der Waals surface area contributed by atoms with Gasteiger partial charge in [0.15, 0.2) is 0 Å². The van der Waals surface area contributed by atoms with E-state index in [4.69, 9.17) is 0 Å². The number of amides is 1. The molecule has 1 aromatic rings. The van der Waals surface area contributed by atoms with Crippen LogP contribution >= 0.6 is 0 Å². The summed E-state index contributed by atoms with van der Waals surface area (Å²) in [6.07, 6.45) is -1.47. The monoisotopic (exact) mass is 411 g/mol. The van der Waals surface area contributed by atoms with E-state index in [0.29, 0.717) is 29.9 Å². The molecule has 2 fully saturated rings. The number of halogens is 3. The Morgan fingerprint density at radius 2 is 2.00 bits per heavy atom. The lowest BCUT2D eigenvalue weighted by Crippen LogP contribution is -2.49. The van der Waals surface area contributed by atoms with E-state index in [1.165, 1.54) is 12.1 Å². The highest BCUT2D eigenvalue weighted by molar-refractivity contribution is 5.82. The molecular weight excluding hydrogens is 379 g/mol. The Balaban J connectivity index is 1.58. The summed E-state index contributed by atoms with van der Waals surface area (Å²) in [5.74, 6) is 1.37. The molecule has 162 valence electrons. The van der Waals surface area contributed by atoms with Crippen LogP contribution in [0.3, 0.4) is 0 Å². The first-order chi connectivity index (χ1) is 13.7. The van der Waals surface area contributed by atoms with E-state index in [-0.39, 0.29) is 18.0 Å². The van der Waals surface area contributed by atoms with Gasteiger partial charge in [0.05, 0.1) is 11.6 Å². The first-order valence-corrected chi connectivity index (χ1v) is 10.5. The molecule has 2 aliphatic rings. The molecule has 0 aromatic heterocycles. The number of carbonyl (C=O) groups is 1. The first kappa shape index (κ1) is 22.1. The molecule has 1 aromatic carbocycles. The predicted molar refractivity (Wildman–Crippen MR) is 107 cm³/mol. The summed E-state index contributed by atoms with van der Waals surface area (Å²) in [5, 5.41) is 6.35. The van der Waals surface area contributed by atoms with Crippen molar-refractivity contribution >= 4 is 5.91 Å². The van der Waals surface area contributed by atoms with Crippen LogP contribution in [0.25, 0.3) is 0 Å². The molecule has 4 nitrogen and oxygen atoms in total. The molecule has 1 aliphatic heterocycles. The van der Waals surface area contributed by atoms with Crippen molar-refractivity contribution in [3.8, 4) is 0 Å². The summed E-state index contributed by atoms with van der Waals surface area (Å²) in [7, 11) is 1.82. The summed E-state index contributed by atoms with van der Waals surface area (Å²) in [6.45, 7) is 6.43. The number of rotatable bonds is 7. The molecule has 1 saturated heterocycles. The smallest absolute Gasteiger partial charge is 0.352 e. The van der Waals surface area contributed by atoms with Gasteiger partial charge in [-0.1, -0.05) is 32.0 Å². The SMILES string of the molecule is CN[C@@H](CC(C)C)C(=O)N[C@@H]1CC[C@H]2CN(Cc3cccc(C(F)(F)F)c3)C[C@H]21. The predicted octanol–water partition coefficient (Wildman–Crippen LogP) is 3.67. The molecule has 0 bridgehead atoms. The van der Waals surface area contributed by atoms with E-state index in [1.807, 2.05) is 7.05 Å². The molecule has 1 aliphatic carbocycles. The highest BCUT2D eigenvalue weighted by Crippen LogP contribution is 2.39. The number of likely N-dealkylation sites (tertiary alicyclic amines) is 1. The maximum absolute atomic E-state index is 13.0. The van der Waals surface area contributed by atoms with Gasteiger partial charge in [0.2, 0.25) is 5.91 Å². The van der Waals surface area contributed by atoms with Gasteiger partial charge in [0.1, 0.15) is 0 Å². The van der Waals surface area contributed by atoms with Crippen molar-refractivity contribution in [2.45, 2.75) is 57.9 Å². The fraction of sp³-hybridized carbons (Fsp3) is 0.682. The molecule has 7 heteroatoms. The third-order valence-corrected chi connectivity index (χ3v) is 6.29. The zero-order valence-corrected chi connectivity index (χ0v) is 17.4. The second-order valence-corrected chi connectivity index (χ2v) is 8.98. The minimum absolute atomic E-state index is 0.0585. The molecule has 1 saturated carbocycles. The number of nitrogens with zero attached hydrogens (tertiary/aromatic N) is 1. The lowest BCUT2D eigenvalue weighted by molar-refractivity contribution is -0.137. The van der Waals surface area contributed by atoms with Crippen molar-refractivity contribution in [2.24, 2.45) is 17.8 Å². The average molecular weight is 412 g/mol. The van der Waals surface area contributed by atoms with Crippen molar-refractivity contribution < 1.29 is 18.0 Å². The lowest BCUT2D eigenvalue weighted by atomic mass is 9.97. The van der Waals surface area contributed by atoms with Crippen molar-refractivity contribution in [1.82, 2.24) is 15.5 Å². The maximum Gasteiger partial charge on any atom is 0.416 e. The van der Waals surface area contributed by atoms with E-state index in [0.717, 1.165) is 38.4 Å². The Hall–Kier alpha value is -1.60. The van der Waals surface area contributed by atoms with Crippen molar-refractivity contribution in [3.63, 3.8) is 0 Å². The fourth-order valence-electron chi connectivity index (χ4n) is 4.88. The fourth-order valence-corrected chi connectivity index (χ4v) is 4.88. The van der Waals surface area contributed by atoms with Crippen LogP contribution in [0.5, 0.6) is 0 Å². The van der Waals surface area contributed by atoms with E-state index in [1.54, 1.807) is 6.07 Å². The second-order valence-electron chi connectivity index (χ2n) is 8.98. The highest BCUT2D eigenvalue weighted by atomic mass is 19.4. The number of fused-ring (bicyclic) bond motifs is 1. The normalized spacial score (nSPS) is 26.0. The van der Waals surface area contributed by atoms with Crippen molar-refractivity contribution in [2.75, 3.05) is 20.1 Å². The van der Waals surface area contributed by atoms with Crippen LogP contribution in [0.2, 0.25) is 0 Å². The minimum Gasteiger partial charge on any atom is -0.352 e. The summed E-state index contributed by atoms with van der Waals surface area (Å²) in [4.78, 5) is 14.9. The second kappa shape index (κ2) is 9.04. The van der Waals surface area contributed by atoms with E-state index >= 15 is 0 Å². The Bertz CT molecular complexity index is 707. The number of hydrogen-bond acceptors (Lipinski definition) is 3. The molecule has 2 N–H and O–H groups in total. The van der Waals surface area contributed by atoms with Gasteiger partial charge < -0.3 is 10.6 Å². The summed E-state index contributed by atoms with van der Waals surface area (Å²) in [6, 6.07) is 5.56. The van der Waals surface area contributed by atoms with E-state index in [2.05, 4.69) is 29.4 Å². The van der Waals surface area contributed by atoms with Crippen LogP contribution in [0.4, 0.5) is 13.2 Å². The van der Waals surface area contributed by atoms with Gasteiger partial charge in [-0.3, -0.25) is 9.69 Å². The standard InChI is InChI=1S/C22H32F3N3O/c1-14(2)9-20(26-3)21(29)27-19-8-7-16-12-28(13-18(16)19)11-15-5-4-6-17(10-15)22(23,24)25/h4-6,10,14,16,18-20,26H,7-9,11-13H2,1-3H3,(H,27,29)/t16-,18+,19+,20-/m0/s1. The van der Waals surface area contributed by atoms with Crippen LogP contribution in [0, 0.1) is 17.8 Å². The molecule has 0 unspecified atom stereocenters. The molecular formula is C22H32F3N3O. The van der Waals surface area contributed by atoms with E-state index in [9.17, 15) is 18.0 Å². The Morgan fingerprint density at radius 1 is 1.24 bits per heavy atom. The van der Waals surface area contributed by atoms with Crippen LogP contribution in [0.1, 0.15) is 44.2 Å². The minimum atomic E-state index is -4.31. The number of hydrogen-bond donors (Lipinski definition) is 2. The number of benzene rings is 1. The zero-order chi connectivity index (χ0) is 21.2. The van der Waals surface area contributed by atoms with Crippen LogP contribution in [0.15, 0.2) is 24.3 Å². The van der Waals surface area contributed by atoms with Crippen molar-refractivity contribution in [1.29, 1.82) is 0 Å². The number of likely N-dealkylation sites (N-methyl/N-ethyl adjacent to an activating group) is 1. The van der Waals surface area contributed by atoms with E-state index < -0.39 is 11.7 Å². The molecule has 3 rings (SSSR count). The van der Waals surface area contributed by atoms with Crippen LogP contribution in [-0.2, 0) is 17.5 Å².